The summed E-state index contributed by atoms with van der Waals surface area (Å²) in [6.45, 7) is 0. The average molecular weight is 795 g/mol. The Kier molecular flexibility index (Phi) is 7.29. The van der Waals surface area contributed by atoms with Crippen LogP contribution in [0.25, 0.3) is 103 Å². The number of fused-ring (bicyclic) bond motifs is 15. The standard InChI is InChI=1S/C57H35N2OP/c60-61(45-24-19-36-9-1-3-11-38(36)33-45,46-25-20-37-10-2-4-12-39(37)34-46)47-26-30-49-44(35-47)18-17-42-31-40(21-27-48(42)49)41-22-28-50-43(32-41)23-29-52-51-13-5-6-14-53(51)57-58-54-15-7-8-16-55(54)59(57)56(50)52/h1-35H. The van der Waals surface area contributed by atoms with Gasteiger partial charge in [-0.2, -0.15) is 0 Å². The van der Waals surface area contributed by atoms with Crippen molar-refractivity contribution in [2.75, 3.05) is 0 Å². The third-order valence-electron chi connectivity index (χ3n) is 12.9. The van der Waals surface area contributed by atoms with Crippen LogP contribution in [0.5, 0.6) is 0 Å². The second-order valence-electron chi connectivity index (χ2n) is 16.3. The summed E-state index contributed by atoms with van der Waals surface area (Å²) in [6, 6.07) is 75.2. The molecule has 4 heteroatoms. The highest BCUT2D eigenvalue weighted by atomic mass is 31.2. The molecule has 284 valence electrons. The van der Waals surface area contributed by atoms with Gasteiger partial charge in [-0.3, -0.25) is 4.40 Å². The molecule has 0 amide bonds. The molecule has 2 heterocycles. The number of hydrogen-bond donors (Lipinski definition) is 0. The van der Waals surface area contributed by atoms with Crippen molar-refractivity contribution in [1.29, 1.82) is 0 Å². The minimum absolute atomic E-state index is 0.833. The van der Waals surface area contributed by atoms with Crippen LogP contribution >= 0.6 is 7.14 Å². The van der Waals surface area contributed by atoms with Gasteiger partial charge in [0.2, 0.25) is 0 Å². The third-order valence-corrected chi connectivity index (χ3v) is 16.0. The van der Waals surface area contributed by atoms with Crippen molar-refractivity contribution < 1.29 is 4.57 Å². The Balaban J connectivity index is 0.936. The second-order valence-corrected chi connectivity index (χ2v) is 19.0. The molecule has 0 N–H and O–H groups in total. The summed E-state index contributed by atoms with van der Waals surface area (Å²) in [5, 5.41) is 17.5. The Morgan fingerprint density at radius 1 is 0.344 bits per heavy atom. The normalized spacial score (nSPS) is 12.3. The number of rotatable bonds is 4. The highest BCUT2D eigenvalue weighted by molar-refractivity contribution is 7.85. The van der Waals surface area contributed by atoms with Gasteiger partial charge >= 0.3 is 0 Å². The zero-order valence-corrected chi connectivity index (χ0v) is 33.9. The van der Waals surface area contributed by atoms with Crippen LogP contribution in [0, 0.1) is 0 Å². The van der Waals surface area contributed by atoms with E-state index >= 15 is 4.57 Å². The molecular weight excluding hydrogens is 760 g/mol. The number of pyridine rings is 1. The zero-order valence-electron chi connectivity index (χ0n) is 33.0. The van der Waals surface area contributed by atoms with Crippen molar-refractivity contribution in [3.8, 4) is 11.1 Å². The smallest absolute Gasteiger partial charge is 0.171 e. The van der Waals surface area contributed by atoms with Crippen LogP contribution in [-0.4, -0.2) is 9.38 Å². The van der Waals surface area contributed by atoms with Gasteiger partial charge in [0.05, 0.1) is 16.6 Å². The van der Waals surface area contributed by atoms with Crippen molar-refractivity contribution in [2.24, 2.45) is 0 Å². The molecule has 13 rings (SSSR count). The third kappa shape index (κ3) is 5.11. The fraction of sp³-hybridized carbons (Fsp3) is 0. The van der Waals surface area contributed by atoms with Crippen LogP contribution in [0.15, 0.2) is 212 Å². The summed E-state index contributed by atoms with van der Waals surface area (Å²) in [5.41, 5.74) is 6.62. The van der Waals surface area contributed by atoms with Gasteiger partial charge in [0.1, 0.15) is 5.65 Å². The van der Waals surface area contributed by atoms with Gasteiger partial charge in [-0.15, -0.1) is 0 Å². The summed E-state index contributed by atoms with van der Waals surface area (Å²) in [5.74, 6) is 0. The molecular formula is C57H35N2OP. The Labute approximate surface area is 351 Å². The molecule has 0 bridgehead atoms. The molecule has 0 aliphatic rings. The summed E-state index contributed by atoms with van der Waals surface area (Å²) >= 11 is 0. The second kappa shape index (κ2) is 13.0. The highest BCUT2D eigenvalue weighted by Gasteiger charge is 2.31. The molecule has 0 saturated heterocycles. The van der Waals surface area contributed by atoms with E-state index in [1.54, 1.807) is 0 Å². The largest absolute Gasteiger partial charge is 0.309 e. The first-order valence-electron chi connectivity index (χ1n) is 20.8. The maximum atomic E-state index is 15.9. The van der Waals surface area contributed by atoms with E-state index in [4.69, 9.17) is 4.98 Å². The number of para-hydroxylation sites is 2. The number of imidazole rings is 1. The fourth-order valence-corrected chi connectivity index (χ4v) is 12.6. The topological polar surface area (TPSA) is 34.4 Å². The minimum atomic E-state index is -3.27. The molecule has 0 aliphatic heterocycles. The molecule has 0 aliphatic carbocycles. The van der Waals surface area contributed by atoms with E-state index in [1.807, 2.05) is 24.3 Å². The van der Waals surface area contributed by atoms with Crippen LogP contribution < -0.4 is 15.9 Å². The van der Waals surface area contributed by atoms with Gasteiger partial charge < -0.3 is 4.57 Å². The lowest BCUT2D eigenvalue weighted by atomic mass is 9.95. The van der Waals surface area contributed by atoms with E-state index < -0.39 is 7.14 Å². The molecule has 61 heavy (non-hydrogen) atoms. The van der Waals surface area contributed by atoms with E-state index in [0.29, 0.717) is 0 Å². The average Bonchev–Trinajstić information content (AvgIpc) is 3.72. The number of aromatic nitrogens is 2. The zero-order chi connectivity index (χ0) is 40.2. The van der Waals surface area contributed by atoms with E-state index in [1.165, 1.54) is 49.0 Å². The Bertz CT molecular complexity index is 3970. The lowest BCUT2D eigenvalue weighted by Gasteiger charge is -2.22. The Morgan fingerprint density at radius 3 is 1.49 bits per heavy atom. The number of benzene rings is 11. The molecule has 0 atom stereocenters. The van der Waals surface area contributed by atoms with E-state index in [2.05, 4.69) is 192 Å². The van der Waals surface area contributed by atoms with Crippen molar-refractivity contribution in [3.05, 3.63) is 212 Å². The lowest BCUT2D eigenvalue weighted by molar-refractivity contribution is 0.592. The maximum Gasteiger partial charge on any atom is 0.171 e. The van der Waals surface area contributed by atoms with Crippen LogP contribution in [0.3, 0.4) is 0 Å². The fourth-order valence-electron chi connectivity index (χ4n) is 9.92. The molecule has 2 aromatic heterocycles. The first-order chi connectivity index (χ1) is 30.1. The summed E-state index contributed by atoms with van der Waals surface area (Å²) < 4.78 is 18.3. The van der Waals surface area contributed by atoms with Gasteiger partial charge in [0.15, 0.2) is 7.14 Å². The monoisotopic (exact) mass is 794 g/mol. The van der Waals surface area contributed by atoms with E-state index in [0.717, 1.165) is 70.3 Å². The summed E-state index contributed by atoms with van der Waals surface area (Å²) in [4.78, 5) is 5.13. The van der Waals surface area contributed by atoms with Crippen LogP contribution in [0.4, 0.5) is 0 Å². The maximum absolute atomic E-state index is 15.9. The van der Waals surface area contributed by atoms with Crippen molar-refractivity contribution in [3.63, 3.8) is 0 Å². The highest BCUT2D eigenvalue weighted by Crippen LogP contribution is 2.45. The summed E-state index contributed by atoms with van der Waals surface area (Å²) in [7, 11) is -3.27. The predicted molar refractivity (Wildman–Crippen MR) is 260 cm³/mol. The molecule has 3 nitrogen and oxygen atoms in total. The first-order valence-corrected chi connectivity index (χ1v) is 22.5. The SMILES string of the molecule is O=P(c1ccc2ccccc2c1)(c1ccc2ccccc2c1)c1ccc2c(ccc3cc(-c4ccc5c(ccc6c7ccccc7c7nc8ccccc8n7c56)c4)ccc32)c1. The molecule has 0 spiro atoms. The number of hydrogen-bond acceptors (Lipinski definition) is 2. The first kappa shape index (κ1) is 34.3. The predicted octanol–water partition coefficient (Wildman–Crippen LogP) is 13.9. The van der Waals surface area contributed by atoms with Crippen LogP contribution in [0.1, 0.15) is 0 Å². The molecule has 0 saturated carbocycles. The van der Waals surface area contributed by atoms with Crippen molar-refractivity contribution in [2.45, 2.75) is 0 Å². The van der Waals surface area contributed by atoms with Gasteiger partial charge in [-0.25, -0.2) is 4.98 Å². The Hall–Kier alpha value is -7.58. The van der Waals surface area contributed by atoms with Crippen LogP contribution in [-0.2, 0) is 4.57 Å². The molecule has 0 unspecified atom stereocenters. The van der Waals surface area contributed by atoms with Gasteiger partial charge in [0.25, 0.3) is 0 Å². The quantitative estimate of drug-likeness (QED) is 0.131. The number of nitrogens with zero attached hydrogens (tertiary/aromatic N) is 2. The van der Waals surface area contributed by atoms with Gasteiger partial charge in [-0.05, 0) is 107 Å². The summed E-state index contributed by atoms with van der Waals surface area (Å²) in [6.07, 6.45) is 0. The molecule has 11 aromatic carbocycles. The molecule has 0 fully saturated rings. The molecule has 0 radical (unpaired) electrons. The van der Waals surface area contributed by atoms with Crippen molar-refractivity contribution >= 4 is 115 Å². The lowest BCUT2D eigenvalue weighted by Crippen LogP contribution is -2.25. The Morgan fingerprint density at radius 2 is 0.803 bits per heavy atom. The van der Waals surface area contributed by atoms with Crippen LogP contribution in [0.2, 0.25) is 0 Å². The van der Waals surface area contributed by atoms with E-state index in [-0.39, 0.29) is 0 Å². The van der Waals surface area contributed by atoms with Gasteiger partial charge in [0, 0.05) is 32.1 Å². The minimum Gasteiger partial charge on any atom is -0.309 e. The van der Waals surface area contributed by atoms with Gasteiger partial charge in [-0.1, -0.05) is 170 Å². The van der Waals surface area contributed by atoms with E-state index in [9.17, 15) is 0 Å². The van der Waals surface area contributed by atoms with Crippen molar-refractivity contribution in [1.82, 2.24) is 9.38 Å². The molecule has 13 aromatic rings.